The van der Waals surface area contributed by atoms with Crippen LogP contribution < -0.4 is 5.32 Å². The van der Waals surface area contributed by atoms with E-state index in [4.69, 9.17) is 11.6 Å². The van der Waals surface area contributed by atoms with Crippen LogP contribution in [-0.2, 0) is 14.8 Å². The first-order valence-corrected chi connectivity index (χ1v) is 10.5. The Kier molecular flexibility index (Phi) is 7.33. The van der Waals surface area contributed by atoms with Crippen molar-refractivity contribution in [3.8, 4) is 0 Å². The number of benzene rings is 1. The molecule has 0 aliphatic carbocycles. The zero-order chi connectivity index (χ0) is 18.0. The van der Waals surface area contributed by atoms with Gasteiger partial charge in [0, 0.05) is 38.1 Å². The smallest absolute Gasteiger partial charge is 0.244 e. The molecule has 0 spiro atoms. The van der Waals surface area contributed by atoms with Crippen LogP contribution in [0.5, 0.6) is 0 Å². The van der Waals surface area contributed by atoms with Crippen molar-refractivity contribution < 1.29 is 13.2 Å². The second kappa shape index (κ2) is 8.89. The number of nitrogens with zero attached hydrogens (tertiary/aromatic N) is 2. The SMILES string of the molecule is C[C@H]1C[C@@H](C(=O)N2CCN(S(=O)(=O)c3ccccc3Cl)CC2)CCN1.Cl. The highest BCUT2D eigenvalue weighted by atomic mass is 35.5. The summed E-state index contributed by atoms with van der Waals surface area (Å²) in [5.74, 6) is 0.200. The third kappa shape index (κ3) is 4.51. The Morgan fingerprint density at radius 1 is 1.19 bits per heavy atom. The predicted octanol–water partition coefficient (Wildman–Crippen LogP) is 1.98. The average molecular weight is 422 g/mol. The molecule has 1 amide bonds. The lowest BCUT2D eigenvalue weighted by molar-refractivity contribution is -0.137. The maximum Gasteiger partial charge on any atom is 0.244 e. The van der Waals surface area contributed by atoms with Gasteiger partial charge in [-0.1, -0.05) is 23.7 Å². The van der Waals surface area contributed by atoms with Crippen molar-refractivity contribution in [1.82, 2.24) is 14.5 Å². The zero-order valence-corrected chi connectivity index (χ0v) is 17.1. The summed E-state index contributed by atoms with van der Waals surface area (Å²) in [6.45, 7) is 4.42. The second-order valence-corrected chi connectivity index (χ2v) is 9.05. The lowest BCUT2D eigenvalue weighted by Gasteiger charge is -2.37. The van der Waals surface area contributed by atoms with Crippen molar-refractivity contribution in [1.29, 1.82) is 0 Å². The number of carbonyl (C=O) groups is 1. The van der Waals surface area contributed by atoms with Gasteiger partial charge in [0.2, 0.25) is 15.9 Å². The Balaban J connectivity index is 0.00000243. The van der Waals surface area contributed by atoms with Crippen LogP contribution in [0.4, 0.5) is 0 Å². The van der Waals surface area contributed by atoms with E-state index in [1.807, 2.05) is 0 Å². The number of hydrogen-bond donors (Lipinski definition) is 1. The van der Waals surface area contributed by atoms with Gasteiger partial charge in [-0.05, 0) is 38.4 Å². The molecule has 0 bridgehead atoms. The van der Waals surface area contributed by atoms with Gasteiger partial charge in [0.25, 0.3) is 0 Å². The van der Waals surface area contributed by atoms with Crippen molar-refractivity contribution in [3.63, 3.8) is 0 Å². The van der Waals surface area contributed by atoms with E-state index in [1.54, 1.807) is 23.1 Å². The highest BCUT2D eigenvalue weighted by Gasteiger charge is 2.34. The first kappa shape index (κ1) is 21.4. The van der Waals surface area contributed by atoms with Gasteiger partial charge < -0.3 is 10.2 Å². The molecule has 2 aliphatic rings. The molecule has 2 fully saturated rings. The van der Waals surface area contributed by atoms with Gasteiger partial charge >= 0.3 is 0 Å². The van der Waals surface area contributed by atoms with Crippen molar-refractivity contribution in [2.75, 3.05) is 32.7 Å². The number of sulfonamides is 1. The van der Waals surface area contributed by atoms with Crippen LogP contribution in [0.3, 0.4) is 0 Å². The van der Waals surface area contributed by atoms with E-state index < -0.39 is 10.0 Å². The van der Waals surface area contributed by atoms with Gasteiger partial charge in [0.05, 0.1) is 5.02 Å². The van der Waals surface area contributed by atoms with Gasteiger partial charge in [0.15, 0.2) is 0 Å². The predicted molar refractivity (Wildman–Crippen MR) is 104 cm³/mol. The largest absolute Gasteiger partial charge is 0.340 e. The summed E-state index contributed by atoms with van der Waals surface area (Å²) in [5.41, 5.74) is 0. The first-order chi connectivity index (χ1) is 11.9. The molecule has 2 saturated heterocycles. The van der Waals surface area contributed by atoms with E-state index in [0.29, 0.717) is 32.2 Å². The third-order valence-electron chi connectivity index (χ3n) is 4.98. The molecule has 3 rings (SSSR count). The number of piperidine rings is 1. The number of halogens is 2. The van der Waals surface area contributed by atoms with E-state index in [9.17, 15) is 13.2 Å². The topological polar surface area (TPSA) is 69.7 Å². The highest BCUT2D eigenvalue weighted by molar-refractivity contribution is 7.89. The molecule has 2 atom stereocenters. The summed E-state index contributed by atoms with van der Waals surface area (Å²) >= 11 is 6.05. The molecular formula is C17H25Cl2N3O3S. The molecule has 2 heterocycles. The highest BCUT2D eigenvalue weighted by Crippen LogP contribution is 2.26. The van der Waals surface area contributed by atoms with E-state index in [-0.39, 0.29) is 34.2 Å². The van der Waals surface area contributed by atoms with Crippen LogP contribution in [0.15, 0.2) is 29.2 Å². The number of hydrogen-bond acceptors (Lipinski definition) is 4. The fourth-order valence-corrected chi connectivity index (χ4v) is 5.47. The Labute approximate surface area is 166 Å². The molecule has 2 aliphatic heterocycles. The molecule has 0 unspecified atom stereocenters. The maximum atomic E-state index is 12.8. The summed E-state index contributed by atoms with van der Waals surface area (Å²) < 4.78 is 26.9. The number of piperazine rings is 1. The Bertz CT molecular complexity index is 737. The van der Waals surface area contributed by atoms with Crippen LogP contribution in [0.25, 0.3) is 0 Å². The first-order valence-electron chi connectivity index (χ1n) is 8.66. The van der Waals surface area contributed by atoms with Crippen molar-refractivity contribution >= 4 is 39.9 Å². The molecule has 1 aromatic rings. The fraction of sp³-hybridized carbons (Fsp3) is 0.588. The Morgan fingerprint density at radius 2 is 1.85 bits per heavy atom. The summed E-state index contributed by atoms with van der Waals surface area (Å²) in [7, 11) is -3.62. The summed E-state index contributed by atoms with van der Waals surface area (Å²) in [6.07, 6.45) is 1.69. The van der Waals surface area contributed by atoms with E-state index in [2.05, 4.69) is 12.2 Å². The quantitative estimate of drug-likeness (QED) is 0.809. The van der Waals surface area contributed by atoms with Gasteiger partial charge in [-0.3, -0.25) is 4.79 Å². The standard InChI is InChI=1S/C17H24ClN3O3S.ClH/c1-13-12-14(6-7-19-13)17(22)20-8-10-21(11-9-20)25(23,24)16-5-3-2-4-15(16)18;/h2-5,13-14,19H,6-12H2,1H3;1H/t13-,14-;/m0./s1. The molecule has 146 valence electrons. The van der Waals surface area contributed by atoms with Crippen molar-refractivity contribution in [2.24, 2.45) is 5.92 Å². The number of amides is 1. The van der Waals surface area contributed by atoms with Crippen LogP contribution in [0.1, 0.15) is 19.8 Å². The normalized spacial score (nSPS) is 24.8. The molecular weight excluding hydrogens is 397 g/mol. The van der Waals surface area contributed by atoms with Crippen molar-refractivity contribution in [3.05, 3.63) is 29.3 Å². The zero-order valence-electron chi connectivity index (χ0n) is 14.7. The van der Waals surface area contributed by atoms with Crippen LogP contribution >= 0.6 is 24.0 Å². The number of nitrogens with one attached hydrogen (secondary N) is 1. The number of rotatable bonds is 3. The molecule has 6 nitrogen and oxygen atoms in total. The lowest BCUT2D eigenvalue weighted by atomic mass is 9.92. The molecule has 0 radical (unpaired) electrons. The van der Waals surface area contributed by atoms with E-state index in [1.165, 1.54) is 10.4 Å². The van der Waals surface area contributed by atoms with Crippen LogP contribution in [0.2, 0.25) is 5.02 Å². The minimum absolute atomic E-state index is 0. The summed E-state index contributed by atoms with van der Waals surface area (Å²) in [6, 6.07) is 6.82. The van der Waals surface area contributed by atoms with Crippen LogP contribution in [0, 0.1) is 5.92 Å². The maximum absolute atomic E-state index is 12.8. The van der Waals surface area contributed by atoms with Crippen LogP contribution in [-0.4, -0.2) is 62.3 Å². The molecule has 1 N–H and O–H groups in total. The summed E-state index contributed by atoms with van der Waals surface area (Å²) in [5, 5.41) is 3.58. The minimum atomic E-state index is -3.62. The fourth-order valence-electron chi connectivity index (χ4n) is 3.56. The van der Waals surface area contributed by atoms with Gasteiger partial charge in [-0.25, -0.2) is 8.42 Å². The van der Waals surface area contributed by atoms with Crippen molar-refractivity contribution in [2.45, 2.75) is 30.7 Å². The third-order valence-corrected chi connectivity index (χ3v) is 7.38. The second-order valence-electron chi connectivity index (χ2n) is 6.74. The van der Waals surface area contributed by atoms with Gasteiger partial charge in [-0.2, -0.15) is 4.31 Å². The lowest BCUT2D eigenvalue weighted by Crippen LogP contribution is -2.53. The molecule has 0 aromatic heterocycles. The molecule has 0 saturated carbocycles. The molecule has 9 heteroatoms. The monoisotopic (exact) mass is 421 g/mol. The molecule has 26 heavy (non-hydrogen) atoms. The Morgan fingerprint density at radius 3 is 2.46 bits per heavy atom. The Hall–Kier alpha value is -0.860. The van der Waals surface area contributed by atoms with Gasteiger partial charge in [-0.15, -0.1) is 12.4 Å². The minimum Gasteiger partial charge on any atom is -0.340 e. The van der Waals surface area contributed by atoms with E-state index >= 15 is 0 Å². The average Bonchev–Trinajstić information content (AvgIpc) is 2.61. The summed E-state index contributed by atoms with van der Waals surface area (Å²) in [4.78, 5) is 14.6. The van der Waals surface area contributed by atoms with Gasteiger partial charge in [0.1, 0.15) is 4.90 Å². The molecule has 1 aromatic carbocycles. The number of carbonyl (C=O) groups excluding carboxylic acids is 1. The van der Waals surface area contributed by atoms with E-state index in [0.717, 1.165) is 19.4 Å².